The fourth-order valence-electron chi connectivity index (χ4n) is 2.31. The Bertz CT molecular complexity index is 965. The van der Waals surface area contributed by atoms with Gasteiger partial charge in [0.2, 0.25) is 0 Å². The van der Waals surface area contributed by atoms with Gasteiger partial charge < -0.3 is 4.98 Å². The molecule has 0 aliphatic rings. The zero-order chi connectivity index (χ0) is 16.6. The van der Waals surface area contributed by atoms with E-state index in [0.29, 0.717) is 16.7 Å². The monoisotopic (exact) mass is 327 g/mol. The number of aromatic nitrogens is 2. The minimum atomic E-state index is -0.435. The highest BCUT2D eigenvalue weighted by Crippen LogP contribution is 2.34. The van der Waals surface area contributed by atoms with E-state index < -0.39 is 4.92 Å². The first kappa shape index (κ1) is 15.2. The third kappa shape index (κ3) is 2.95. The van der Waals surface area contributed by atoms with Gasteiger partial charge in [-0.25, -0.2) is 4.98 Å². The first-order chi connectivity index (χ1) is 11.0. The molecule has 0 unspecified atom stereocenters. The van der Waals surface area contributed by atoms with Crippen LogP contribution in [0, 0.1) is 24.0 Å². The van der Waals surface area contributed by atoms with E-state index >= 15 is 0 Å². The molecule has 1 heterocycles. The van der Waals surface area contributed by atoms with Crippen LogP contribution in [0.4, 0.5) is 5.69 Å². The molecule has 0 aliphatic carbocycles. The highest BCUT2D eigenvalue weighted by atomic mass is 32.2. The van der Waals surface area contributed by atoms with Gasteiger partial charge in [0.25, 0.3) is 11.2 Å². The number of nitro benzene ring substituents is 1. The molecule has 3 aromatic rings. The molecule has 0 amide bonds. The number of H-pyrrole nitrogens is 1. The predicted molar refractivity (Wildman–Crippen MR) is 89.1 cm³/mol. The van der Waals surface area contributed by atoms with Crippen LogP contribution in [0.1, 0.15) is 11.4 Å². The number of aromatic amines is 1. The first-order valence-corrected chi connectivity index (χ1v) is 7.70. The summed E-state index contributed by atoms with van der Waals surface area (Å²) in [7, 11) is 0. The van der Waals surface area contributed by atoms with Gasteiger partial charge in [-0.2, -0.15) is 0 Å². The molecule has 6 nitrogen and oxygen atoms in total. The summed E-state index contributed by atoms with van der Waals surface area (Å²) in [5, 5.41) is 11.3. The molecule has 1 aromatic heterocycles. The lowest BCUT2D eigenvalue weighted by atomic mass is 10.1. The third-order valence-corrected chi connectivity index (χ3v) is 4.65. The molecule has 23 heavy (non-hydrogen) atoms. The van der Waals surface area contributed by atoms with Gasteiger partial charge in [-0.15, -0.1) is 0 Å². The van der Waals surface area contributed by atoms with Crippen LogP contribution in [0.3, 0.4) is 0 Å². The van der Waals surface area contributed by atoms with Crippen molar-refractivity contribution in [3.63, 3.8) is 0 Å². The first-order valence-electron chi connectivity index (χ1n) is 6.88. The zero-order valence-electron chi connectivity index (χ0n) is 12.5. The number of nitrogens with one attached hydrogen (secondary N) is 1. The standard InChI is InChI=1S/C16H13N3O3S/c1-9-3-8-13-14(16(20)18-10(2)17-13)15(9)23-12-6-4-11(5-7-12)19(21)22/h3-8H,1-2H3,(H,17,18,20). The second-order valence-corrected chi connectivity index (χ2v) is 6.19. The van der Waals surface area contributed by atoms with Crippen molar-refractivity contribution in [2.75, 3.05) is 0 Å². The van der Waals surface area contributed by atoms with Crippen molar-refractivity contribution in [3.8, 4) is 0 Å². The average molecular weight is 327 g/mol. The van der Waals surface area contributed by atoms with E-state index in [1.807, 2.05) is 19.1 Å². The summed E-state index contributed by atoms with van der Waals surface area (Å²) in [6, 6.07) is 10.0. The van der Waals surface area contributed by atoms with Gasteiger partial charge in [0.1, 0.15) is 5.82 Å². The predicted octanol–water partition coefficient (Wildman–Crippen LogP) is 3.60. The van der Waals surface area contributed by atoms with Crippen LogP contribution in [0.15, 0.2) is 51.0 Å². The molecule has 0 spiro atoms. The van der Waals surface area contributed by atoms with Crippen LogP contribution in [-0.4, -0.2) is 14.9 Å². The molecule has 2 aromatic carbocycles. The largest absolute Gasteiger partial charge is 0.310 e. The quantitative estimate of drug-likeness (QED) is 0.586. The van der Waals surface area contributed by atoms with Gasteiger partial charge in [-0.3, -0.25) is 14.9 Å². The van der Waals surface area contributed by atoms with Gasteiger partial charge >= 0.3 is 0 Å². The lowest BCUT2D eigenvalue weighted by molar-refractivity contribution is -0.384. The number of non-ortho nitro benzene ring substituents is 1. The highest BCUT2D eigenvalue weighted by Gasteiger charge is 2.13. The molecule has 116 valence electrons. The lowest BCUT2D eigenvalue weighted by Crippen LogP contribution is -2.11. The highest BCUT2D eigenvalue weighted by molar-refractivity contribution is 7.99. The summed E-state index contributed by atoms with van der Waals surface area (Å²) in [5.74, 6) is 0.567. The van der Waals surface area contributed by atoms with Crippen LogP contribution in [0.25, 0.3) is 10.9 Å². The van der Waals surface area contributed by atoms with Crippen molar-refractivity contribution in [1.29, 1.82) is 0 Å². The maximum atomic E-state index is 12.3. The Kier molecular flexibility index (Phi) is 3.87. The smallest absolute Gasteiger partial charge is 0.269 e. The Morgan fingerprint density at radius 2 is 1.83 bits per heavy atom. The van der Waals surface area contributed by atoms with E-state index in [9.17, 15) is 14.9 Å². The van der Waals surface area contributed by atoms with Crippen LogP contribution in [-0.2, 0) is 0 Å². The van der Waals surface area contributed by atoms with Crippen molar-refractivity contribution in [2.24, 2.45) is 0 Å². The van der Waals surface area contributed by atoms with E-state index in [4.69, 9.17) is 0 Å². The van der Waals surface area contributed by atoms with Crippen molar-refractivity contribution in [1.82, 2.24) is 9.97 Å². The Labute approximate surface area is 135 Å². The van der Waals surface area contributed by atoms with Gasteiger partial charge in [-0.05, 0) is 37.6 Å². The molecule has 7 heteroatoms. The normalized spacial score (nSPS) is 10.9. The molecule has 0 radical (unpaired) electrons. The Morgan fingerprint density at radius 3 is 2.48 bits per heavy atom. The number of hydrogen-bond acceptors (Lipinski definition) is 5. The summed E-state index contributed by atoms with van der Waals surface area (Å²) < 4.78 is 0. The van der Waals surface area contributed by atoms with Crippen LogP contribution < -0.4 is 5.56 Å². The Morgan fingerprint density at radius 1 is 1.13 bits per heavy atom. The maximum Gasteiger partial charge on any atom is 0.269 e. The fraction of sp³-hybridized carbons (Fsp3) is 0.125. The molecule has 0 fully saturated rings. The van der Waals surface area contributed by atoms with Crippen LogP contribution in [0.2, 0.25) is 0 Å². The number of benzene rings is 2. The van der Waals surface area contributed by atoms with Crippen molar-refractivity contribution in [3.05, 3.63) is 68.3 Å². The third-order valence-electron chi connectivity index (χ3n) is 3.41. The number of fused-ring (bicyclic) bond motifs is 1. The topological polar surface area (TPSA) is 88.9 Å². The van der Waals surface area contributed by atoms with Gasteiger partial charge in [0.05, 0.1) is 15.8 Å². The minimum absolute atomic E-state index is 0.0409. The second-order valence-electron chi connectivity index (χ2n) is 5.11. The summed E-state index contributed by atoms with van der Waals surface area (Å²) in [6.45, 7) is 3.66. The van der Waals surface area contributed by atoms with E-state index in [0.717, 1.165) is 15.4 Å². The van der Waals surface area contributed by atoms with Crippen molar-refractivity contribution >= 4 is 28.4 Å². The second kappa shape index (κ2) is 5.85. The molecule has 0 aliphatic heterocycles. The summed E-state index contributed by atoms with van der Waals surface area (Å²) in [4.78, 5) is 31.3. The SMILES string of the molecule is Cc1nc2ccc(C)c(Sc3ccc([N+](=O)[O-])cc3)c2c(=O)[nH]1. The molecule has 0 saturated heterocycles. The summed E-state index contributed by atoms with van der Waals surface area (Å²) >= 11 is 1.40. The van der Waals surface area contributed by atoms with E-state index in [1.54, 1.807) is 19.1 Å². The van der Waals surface area contributed by atoms with E-state index in [1.165, 1.54) is 23.9 Å². The average Bonchev–Trinajstić information content (AvgIpc) is 2.50. The lowest BCUT2D eigenvalue weighted by Gasteiger charge is -2.09. The summed E-state index contributed by atoms with van der Waals surface area (Å²) in [6.07, 6.45) is 0. The minimum Gasteiger partial charge on any atom is -0.310 e. The van der Waals surface area contributed by atoms with E-state index in [-0.39, 0.29) is 11.2 Å². The number of rotatable bonds is 3. The summed E-state index contributed by atoms with van der Waals surface area (Å²) in [5.41, 5.74) is 1.46. The molecule has 1 N–H and O–H groups in total. The van der Waals surface area contributed by atoms with Gasteiger partial charge in [0.15, 0.2) is 0 Å². The van der Waals surface area contributed by atoms with Crippen molar-refractivity contribution < 1.29 is 4.92 Å². The number of nitro groups is 1. The molecular formula is C16H13N3O3S. The molecule has 0 saturated carbocycles. The molecule has 3 rings (SSSR count). The molecular weight excluding hydrogens is 314 g/mol. The Balaban J connectivity index is 2.10. The van der Waals surface area contributed by atoms with E-state index in [2.05, 4.69) is 9.97 Å². The van der Waals surface area contributed by atoms with Gasteiger partial charge in [0, 0.05) is 21.9 Å². The van der Waals surface area contributed by atoms with Crippen molar-refractivity contribution in [2.45, 2.75) is 23.6 Å². The number of nitrogens with zero attached hydrogens (tertiary/aromatic N) is 2. The van der Waals surface area contributed by atoms with Crippen LogP contribution in [0.5, 0.6) is 0 Å². The maximum absolute atomic E-state index is 12.3. The molecule has 0 atom stereocenters. The van der Waals surface area contributed by atoms with Crippen LogP contribution >= 0.6 is 11.8 Å². The number of hydrogen-bond donors (Lipinski definition) is 1. The molecule has 0 bridgehead atoms. The zero-order valence-corrected chi connectivity index (χ0v) is 13.3. The Hall–Kier alpha value is -2.67. The fourth-order valence-corrected chi connectivity index (χ4v) is 3.35. The van der Waals surface area contributed by atoms with Gasteiger partial charge in [-0.1, -0.05) is 17.8 Å². The number of aryl methyl sites for hydroxylation is 2.